The van der Waals surface area contributed by atoms with Crippen LogP contribution in [0.5, 0.6) is 0 Å². The molecule has 0 bridgehead atoms. The molecule has 0 unspecified atom stereocenters. The van der Waals surface area contributed by atoms with Crippen molar-refractivity contribution in [2.75, 3.05) is 10.6 Å². The summed E-state index contributed by atoms with van der Waals surface area (Å²) in [7, 11) is 0. The molecule has 1 aromatic heterocycles. The summed E-state index contributed by atoms with van der Waals surface area (Å²) in [5.41, 5.74) is 2.55. The van der Waals surface area contributed by atoms with E-state index in [1.807, 2.05) is 6.07 Å². The number of amides is 2. The smallest absolute Gasteiger partial charge is 0.273 e. The molecule has 3 N–H and O–H groups in total. The van der Waals surface area contributed by atoms with Crippen molar-refractivity contribution >= 4 is 46.4 Å². The molecule has 8 heteroatoms. The molecule has 3 aromatic rings. The summed E-state index contributed by atoms with van der Waals surface area (Å²) in [5.74, 6) is -0.628. The number of benzene rings is 2. The van der Waals surface area contributed by atoms with E-state index in [0.29, 0.717) is 27.1 Å². The molecule has 0 radical (unpaired) electrons. The van der Waals surface area contributed by atoms with Gasteiger partial charge in [-0.25, -0.2) is 0 Å². The molecule has 2 aromatic carbocycles. The number of nitrogens with one attached hydrogen (secondary N) is 3. The van der Waals surface area contributed by atoms with Crippen molar-refractivity contribution in [1.29, 1.82) is 0 Å². The van der Waals surface area contributed by atoms with E-state index in [0.717, 1.165) is 5.56 Å². The van der Waals surface area contributed by atoms with Crippen molar-refractivity contribution < 1.29 is 9.59 Å². The molecule has 0 spiro atoms. The number of carbonyl (C=O) groups excluding carboxylic acids is 2. The highest BCUT2D eigenvalue weighted by atomic mass is 35.5. The first-order valence-electron chi connectivity index (χ1n) is 7.62. The van der Waals surface area contributed by atoms with Crippen LogP contribution < -0.4 is 10.6 Å². The second-order valence-electron chi connectivity index (χ2n) is 5.51. The predicted molar refractivity (Wildman–Crippen MR) is 103 cm³/mol. The Morgan fingerprint density at radius 1 is 1.04 bits per heavy atom. The van der Waals surface area contributed by atoms with E-state index in [9.17, 15) is 9.59 Å². The third kappa shape index (κ3) is 4.22. The minimum atomic E-state index is -0.410. The molecule has 0 saturated carbocycles. The van der Waals surface area contributed by atoms with Crippen LogP contribution in [-0.4, -0.2) is 22.0 Å². The average Bonchev–Trinajstić information content (AvgIpc) is 3.07. The second kappa shape index (κ2) is 7.59. The van der Waals surface area contributed by atoms with Crippen LogP contribution in [0.2, 0.25) is 10.0 Å². The summed E-state index contributed by atoms with van der Waals surface area (Å²) in [6, 6.07) is 13.6. The molecular formula is C18H14Cl2N4O2. The van der Waals surface area contributed by atoms with E-state index in [2.05, 4.69) is 20.8 Å². The molecule has 26 heavy (non-hydrogen) atoms. The summed E-state index contributed by atoms with van der Waals surface area (Å²) >= 11 is 12.1. The second-order valence-corrected chi connectivity index (χ2v) is 6.35. The Balaban J connectivity index is 1.80. The van der Waals surface area contributed by atoms with Crippen LogP contribution in [0.15, 0.2) is 48.5 Å². The normalized spacial score (nSPS) is 10.4. The van der Waals surface area contributed by atoms with Gasteiger partial charge in [0.05, 0.1) is 16.4 Å². The first kappa shape index (κ1) is 18.0. The van der Waals surface area contributed by atoms with Crippen LogP contribution in [0.25, 0.3) is 11.3 Å². The van der Waals surface area contributed by atoms with E-state index in [4.69, 9.17) is 23.2 Å². The zero-order valence-electron chi connectivity index (χ0n) is 13.6. The maximum atomic E-state index is 12.5. The SMILES string of the molecule is CC(=O)Nc1ccc(Cl)c(NC(=O)c2cc(-c3cccc(Cl)c3)n[nH]2)c1. The Bertz CT molecular complexity index is 985. The van der Waals surface area contributed by atoms with Crippen molar-refractivity contribution in [3.63, 3.8) is 0 Å². The minimum Gasteiger partial charge on any atom is -0.326 e. The number of aromatic nitrogens is 2. The van der Waals surface area contributed by atoms with E-state index in [1.54, 1.807) is 42.5 Å². The highest BCUT2D eigenvalue weighted by molar-refractivity contribution is 6.34. The lowest BCUT2D eigenvalue weighted by Gasteiger charge is -2.09. The van der Waals surface area contributed by atoms with Gasteiger partial charge in [0.2, 0.25) is 5.91 Å². The summed E-state index contributed by atoms with van der Waals surface area (Å²) in [5, 5.41) is 13.1. The number of rotatable bonds is 4. The number of hydrogen-bond donors (Lipinski definition) is 3. The predicted octanol–water partition coefficient (Wildman–Crippen LogP) is 4.59. The topological polar surface area (TPSA) is 86.9 Å². The Labute approximate surface area is 159 Å². The molecule has 0 aliphatic rings. The fourth-order valence-electron chi connectivity index (χ4n) is 2.33. The molecule has 0 aliphatic carbocycles. The Morgan fingerprint density at radius 2 is 1.85 bits per heavy atom. The third-order valence-corrected chi connectivity index (χ3v) is 4.04. The summed E-state index contributed by atoms with van der Waals surface area (Å²) in [4.78, 5) is 23.6. The Kier molecular flexibility index (Phi) is 5.25. The lowest BCUT2D eigenvalue weighted by Crippen LogP contribution is -2.13. The van der Waals surface area contributed by atoms with Gasteiger partial charge in [-0.15, -0.1) is 0 Å². The Morgan fingerprint density at radius 3 is 2.58 bits per heavy atom. The highest BCUT2D eigenvalue weighted by Gasteiger charge is 2.13. The van der Waals surface area contributed by atoms with Crippen LogP contribution in [0.1, 0.15) is 17.4 Å². The number of nitrogens with zero attached hydrogens (tertiary/aromatic N) is 1. The maximum absolute atomic E-state index is 12.5. The van der Waals surface area contributed by atoms with E-state index in [1.165, 1.54) is 6.92 Å². The molecule has 132 valence electrons. The molecule has 0 saturated heterocycles. The number of H-pyrrole nitrogens is 1. The number of aromatic amines is 1. The standard InChI is InChI=1S/C18H14Cl2N4O2/c1-10(25)21-13-5-6-14(20)16(8-13)22-18(26)17-9-15(23-24-17)11-3-2-4-12(19)7-11/h2-9H,1H3,(H,21,25)(H,22,26)(H,23,24). The summed E-state index contributed by atoms with van der Waals surface area (Å²) in [6.45, 7) is 1.40. The monoisotopic (exact) mass is 388 g/mol. The lowest BCUT2D eigenvalue weighted by molar-refractivity contribution is -0.114. The lowest BCUT2D eigenvalue weighted by atomic mass is 10.1. The average molecular weight is 389 g/mol. The van der Waals surface area contributed by atoms with Gasteiger partial charge in [0, 0.05) is 23.2 Å². The maximum Gasteiger partial charge on any atom is 0.273 e. The number of halogens is 2. The van der Waals surface area contributed by atoms with Crippen molar-refractivity contribution in [1.82, 2.24) is 10.2 Å². The van der Waals surface area contributed by atoms with Crippen molar-refractivity contribution in [2.24, 2.45) is 0 Å². The first-order valence-corrected chi connectivity index (χ1v) is 8.38. The highest BCUT2D eigenvalue weighted by Crippen LogP contribution is 2.27. The van der Waals surface area contributed by atoms with E-state index >= 15 is 0 Å². The number of anilines is 2. The van der Waals surface area contributed by atoms with Gasteiger partial charge < -0.3 is 10.6 Å². The van der Waals surface area contributed by atoms with Crippen LogP contribution in [0.3, 0.4) is 0 Å². The van der Waals surface area contributed by atoms with Gasteiger partial charge in [-0.3, -0.25) is 14.7 Å². The minimum absolute atomic E-state index is 0.218. The van der Waals surface area contributed by atoms with E-state index < -0.39 is 5.91 Å². The van der Waals surface area contributed by atoms with Crippen molar-refractivity contribution in [3.8, 4) is 11.3 Å². The van der Waals surface area contributed by atoms with E-state index in [-0.39, 0.29) is 11.6 Å². The zero-order chi connectivity index (χ0) is 18.7. The third-order valence-electron chi connectivity index (χ3n) is 3.48. The van der Waals surface area contributed by atoms with Crippen molar-refractivity contribution in [3.05, 3.63) is 64.3 Å². The molecular weight excluding hydrogens is 375 g/mol. The largest absolute Gasteiger partial charge is 0.326 e. The molecule has 1 heterocycles. The number of hydrogen-bond acceptors (Lipinski definition) is 3. The molecule has 0 fully saturated rings. The van der Waals surface area contributed by atoms with Crippen LogP contribution in [0, 0.1) is 0 Å². The summed E-state index contributed by atoms with van der Waals surface area (Å²) in [6.07, 6.45) is 0. The molecule has 3 rings (SSSR count). The van der Waals surface area contributed by atoms with Gasteiger partial charge in [-0.05, 0) is 36.4 Å². The Hall–Kier alpha value is -2.83. The van der Waals surface area contributed by atoms with Gasteiger partial charge in [0.1, 0.15) is 5.69 Å². The van der Waals surface area contributed by atoms with Crippen LogP contribution >= 0.6 is 23.2 Å². The van der Waals surface area contributed by atoms with Gasteiger partial charge in [-0.1, -0.05) is 35.3 Å². The first-order chi connectivity index (χ1) is 12.4. The van der Waals surface area contributed by atoms with Gasteiger partial charge in [0.15, 0.2) is 0 Å². The fourth-order valence-corrected chi connectivity index (χ4v) is 2.68. The van der Waals surface area contributed by atoms with Gasteiger partial charge >= 0.3 is 0 Å². The van der Waals surface area contributed by atoms with Crippen molar-refractivity contribution in [2.45, 2.75) is 6.92 Å². The zero-order valence-corrected chi connectivity index (χ0v) is 15.2. The molecule has 0 atom stereocenters. The number of carbonyl (C=O) groups is 2. The van der Waals surface area contributed by atoms with Crippen LogP contribution in [-0.2, 0) is 4.79 Å². The summed E-state index contributed by atoms with van der Waals surface area (Å²) < 4.78 is 0. The molecule has 2 amide bonds. The van der Waals surface area contributed by atoms with Gasteiger partial charge in [0.25, 0.3) is 5.91 Å². The van der Waals surface area contributed by atoms with Crippen LogP contribution in [0.4, 0.5) is 11.4 Å². The quantitative estimate of drug-likeness (QED) is 0.610. The molecule has 0 aliphatic heterocycles. The fraction of sp³-hybridized carbons (Fsp3) is 0.0556. The van der Waals surface area contributed by atoms with Gasteiger partial charge in [-0.2, -0.15) is 5.10 Å². The molecule has 6 nitrogen and oxygen atoms in total.